The number of aliphatic hydroxyl groups is 1. The van der Waals surface area contributed by atoms with Crippen molar-refractivity contribution in [1.29, 1.82) is 0 Å². The number of esters is 3. The molecular formula is C35H41ClN2O10. The van der Waals surface area contributed by atoms with Crippen molar-refractivity contribution >= 4 is 29.5 Å². The zero-order chi connectivity index (χ0) is 34.3. The molecule has 1 spiro atoms. The number of carbonyl (C=O) groups is 3. The van der Waals surface area contributed by atoms with E-state index in [9.17, 15) is 19.5 Å². The van der Waals surface area contributed by atoms with E-state index in [0.717, 1.165) is 43.5 Å². The molecule has 4 heterocycles. The van der Waals surface area contributed by atoms with Crippen molar-refractivity contribution < 1.29 is 47.9 Å². The first-order valence-corrected chi connectivity index (χ1v) is 16.6. The molecule has 1 N–H and O–H groups in total. The summed E-state index contributed by atoms with van der Waals surface area (Å²) in [5.74, 6) is -0.955. The fourth-order valence-corrected chi connectivity index (χ4v) is 7.79. The van der Waals surface area contributed by atoms with E-state index >= 15 is 0 Å². The van der Waals surface area contributed by atoms with Crippen molar-refractivity contribution in [2.24, 2.45) is 0 Å². The Morgan fingerprint density at radius 1 is 1.15 bits per heavy atom. The van der Waals surface area contributed by atoms with Gasteiger partial charge in [-0.3, -0.25) is 9.69 Å². The summed E-state index contributed by atoms with van der Waals surface area (Å²) < 4.78 is 34.1. The largest absolute Gasteiger partial charge is 0.497 e. The molecule has 1 aromatic heterocycles. The van der Waals surface area contributed by atoms with Gasteiger partial charge in [0.2, 0.25) is 6.79 Å². The number of nitrogens with zero attached hydrogens (tertiary/aromatic N) is 2. The van der Waals surface area contributed by atoms with E-state index in [1.807, 2.05) is 12.1 Å². The predicted octanol–water partition coefficient (Wildman–Crippen LogP) is 4.49. The number of carbonyl (C=O) groups excluding carboxylic acids is 3. The molecule has 0 amide bonds. The number of benzene rings is 1. The molecule has 6 rings (SSSR count). The van der Waals surface area contributed by atoms with Crippen LogP contribution in [0.2, 0.25) is 5.15 Å². The zero-order valence-corrected chi connectivity index (χ0v) is 28.3. The van der Waals surface area contributed by atoms with Gasteiger partial charge < -0.3 is 33.5 Å². The zero-order valence-electron chi connectivity index (χ0n) is 27.6. The van der Waals surface area contributed by atoms with E-state index in [1.165, 1.54) is 26.5 Å². The molecule has 48 heavy (non-hydrogen) atoms. The first kappa shape index (κ1) is 34.0. The average molecular weight is 685 g/mol. The van der Waals surface area contributed by atoms with Crippen LogP contribution in [0.15, 0.2) is 42.3 Å². The van der Waals surface area contributed by atoms with Gasteiger partial charge in [0.05, 0.1) is 37.7 Å². The highest BCUT2D eigenvalue weighted by Crippen LogP contribution is 2.55. The topological polar surface area (TPSA) is 143 Å². The number of ether oxygens (including phenoxy) is 6. The quantitative estimate of drug-likeness (QED) is 0.202. The van der Waals surface area contributed by atoms with Crippen molar-refractivity contribution in [3.63, 3.8) is 0 Å². The lowest BCUT2D eigenvalue weighted by Gasteiger charge is -2.39. The molecule has 12 nitrogen and oxygen atoms in total. The van der Waals surface area contributed by atoms with Gasteiger partial charge >= 0.3 is 17.9 Å². The molecule has 0 bridgehead atoms. The summed E-state index contributed by atoms with van der Waals surface area (Å²) in [5, 5.41) is 11.9. The number of fused-ring (bicyclic) bond motifs is 3. The molecule has 1 aromatic carbocycles. The molecule has 258 valence electrons. The normalized spacial score (nSPS) is 23.9. The molecule has 0 radical (unpaired) electrons. The summed E-state index contributed by atoms with van der Waals surface area (Å²) in [4.78, 5) is 45.8. The van der Waals surface area contributed by atoms with Crippen molar-refractivity contribution in [3.8, 4) is 11.5 Å². The lowest BCUT2D eigenvalue weighted by Crippen LogP contribution is -2.49. The van der Waals surface area contributed by atoms with Gasteiger partial charge in [-0.1, -0.05) is 11.6 Å². The molecule has 0 saturated carbocycles. The number of halogens is 1. The van der Waals surface area contributed by atoms with Gasteiger partial charge in [0.1, 0.15) is 16.5 Å². The Bertz CT molecular complexity index is 1630. The number of pyridine rings is 1. The summed E-state index contributed by atoms with van der Waals surface area (Å²) in [7, 11) is 2.73. The molecular weight excluding hydrogens is 644 g/mol. The number of rotatable bonds is 11. The lowest BCUT2D eigenvalue weighted by molar-refractivity contribution is -0.178. The first-order valence-electron chi connectivity index (χ1n) is 16.2. The summed E-state index contributed by atoms with van der Waals surface area (Å²) in [5.41, 5.74) is -1.54. The monoisotopic (exact) mass is 684 g/mol. The van der Waals surface area contributed by atoms with Gasteiger partial charge in [-0.2, -0.15) is 0 Å². The molecule has 13 heteroatoms. The lowest BCUT2D eigenvalue weighted by atomic mass is 9.77. The van der Waals surface area contributed by atoms with Crippen molar-refractivity contribution in [1.82, 2.24) is 9.88 Å². The van der Waals surface area contributed by atoms with E-state index in [-0.39, 0.29) is 42.7 Å². The molecule has 4 aliphatic rings. The van der Waals surface area contributed by atoms with E-state index in [4.69, 9.17) is 40.0 Å². The standard InChI is InChI=1S/C35H41ClN2O10/c1-33(2,48-31(40)22-8-5-13-37-30(22)36)10-6-12-35(42,19-27(39)44-4)32(41)47-29-26(43-3)18-34-11-7-14-38(34)15-9-21-16-24-25(46-20-45-24)17-23(21)28(29)34/h5,8,13,16-18,28-29,42H,6-7,9-12,14-15,19-20H2,1-4H3/t28-,29-,34+,35-/m1/s1. The van der Waals surface area contributed by atoms with Crippen LogP contribution >= 0.6 is 11.6 Å². The van der Waals surface area contributed by atoms with Gasteiger partial charge in [-0.05, 0) is 100 Å². The van der Waals surface area contributed by atoms with Crippen LogP contribution in [-0.2, 0) is 35.0 Å². The SMILES string of the molecule is COC(=O)C[C@](O)(CCCC(C)(C)OC(=O)c1cccnc1Cl)C(=O)O[C@@H]1C(OC)=C[C@]23CCCN2CCc2cc4c(cc2[C@H]13)OCO4. The summed E-state index contributed by atoms with van der Waals surface area (Å²) >= 11 is 6.07. The van der Waals surface area contributed by atoms with Crippen LogP contribution in [0.3, 0.4) is 0 Å². The van der Waals surface area contributed by atoms with Crippen LogP contribution in [0, 0.1) is 0 Å². The molecule has 1 saturated heterocycles. The highest BCUT2D eigenvalue weighted by Gasteiger charge is 2.59. The Balaban J connectivity index is 1.24. The Morgan fingerprint density at radius 2 is 1.92 bits per heavy atom. The molecule has 1 aliphatic carbocycles. The minimum Gasteiger partial charge on any atom is -0.497 e. The Hall–Kier alpha value is -3.87. The predicted molar refractivity (Wildman–Crippen MR) is 172 cm³/mol. The smallest absolute Gasteiger partial charge is 0.341 e. The third kappa shape index (κ3) is 6.33. The maximum atomic E-state index is 14.1. The third-order valence-electron chi connectivity index (χ3n) is 9.96. The highest BCUT2D eigenvalue weighted by atomic mass is 35.5. The minimum atomic E-state index is -2.23. The van der Waals surface area contributed by atoms with Crippen LogP contribution < -0.4 is 9.47 Å². The summed E-state index contributed by atoms with van der Waals surface area (Å²) in [6.07, 6.45) is 4.89. The third-order valence-corrected chi connectivity index (χ3v) is 10.3. The minimum absolute atomic E-state index is 0.0222. The average Bonchev–Trinajstić information content (AvgIpc) is 3.74. The number of aromatic nitrogens is 1. The van der Waals surface area contributed by atoms with Crippen LogP contribution in [-0.4, -0.2) is 89.8 Å². The van der Waals surface area contributed by atoms with Gasteiger partial charge in [0.25, 0.3) is 0 Å². The first-order chi connectivity index (χ1) is 22.9. The van der Waals surface area contributed by atoms with E-state index in [1.54, 1.807) is 19.9 Å². The van der Waals surface area contributed by atoms with Crippen LogP contribution in [0.1, 0.15) is 79.8 Å². The van der Waals surface area contributed by atoms with E-state index in [0.29, 0.717) is 17.3 Å². The second-order valence-corrected chi connectivity index (χ2v) is 13.8. The Kier molecular flexibility index (Phi) is 9.36. The fourth-order valence-electron chi connectivity index (χ4n) is 7.59. The highest BCUT2D eigenvalue weighted by molar-refractivity contribution is 6.32. The second kappa shape index (κ2) is 13.2. The maximum Gasteiger partial charge on any atom is 0.341 e. The van der Waals surface area contributed by atoms with Crippen molar-refractivity contribution in [2.45, 2.75) is 87.6 Å². The van der Waals surface area contributed by atoms with Gasteiger partial charge in [-0.15, -0.1) is 0 Å². The van der Waals surface area contributed by atoms with Gasteiger partial charge in [-0.25, -0.2) is 14.6 Å². The Labute approximate surface area is 284 Å². The fraction of sp³-hybridized carbons (Fsp3) is 0.543. The van der Waals surface area contributed by atoms with Crippen LogP contribution in [0.5, 0.6) is 11.5 Å². The molecule has 3 aliphatic heterocycles. The van der Waals surface area contributed by atoms with Gasteiger partial charge in [0.15, 0.2) is 23.2 Å². The second-order valence-electron chi connectivity index (χ2n) is 13.4. The molecule has 2 aromatic rings. The van der Waals surface area contributed by atoms with E-state index in [2.05, 4.69) is 16.0 Å². The maximum absolute atomic E-state index is 14.1. The summed E-state index contributed by atoms with van der Waals surface area (Å²) in [6.45, 7) is 5.24. The van der Waals surface area contributed by atoms with Crippen molar-refractivity contribution in [2.75, 3.05) is 34.1 Å². The number of hydrogen-bond donors (Lipinski definition) is 1. The molecule has 4 atom stereocenters. The molecule has 0 unspecified atom stereocenters. The number of methoxy groups -OCH3 is 2. The van der Waals surface area contributed by atoms with Crippen molar-refractivity contribution in [3.05, 3.63) is 64.1 Å². The Morgan fingerprint density at radius 3 is 2.65 bits per heavy atom. The summed E-state index contributed by atoms with van der Waals surface area (Å²) in [6, 6.07) is 7.07. The molecule has 1 fully saturated rings. The van der Waals surface area contributed by atoms with Crippen LogP contribution in [0.4, 0.5) is 0 Å². The van der Waals surface area contributed by atoms with Crippen LogP contribution in [0.25, 0.3) is 0 Å². The van der Waals surface area contributed by atoms with Gasteiger partial charge in [0, 0.05) is 12.7 Å². The number of hydrogen-bond acceptors (Lipinski definition) is 12. The van der Waals surface area contributed by atoms with E-state index < -0.39 is 47.2 Å².